The number of carbonyl (C=O) groups excluding carboxylic acids is 1. The monoisotopic (exact) mass is 282 g/mol. The summed E-state index contributed by atoms with van der Waals surface area (Å²) >= 11 is 0. The van der Waals surface area contributed by atoms with Crippen LogP contribution >= 0.6 is 0 Å². The van der Waals surface area contributed by atoms with Gasteiger partial charge in [-0.25, -0.2) is 0 Å². The number of hydrogen-bond acceptors (Lipinski definition) is 2. The van der Waals surface area contributed by atoms with Crippen molar-refractivity contribution in [1.82, 2.24) is 0 Å². The largest absolute Gasteiger partial charge is 0.329 e. The van der Waals surface area contributed by atoms with Crippen LogP contribution in [-0.4, -0.2) is 12.5 Å². The number of rotatable bonds is 5. The highest BCUT2D eigenvalue weighted by molar-refractivity contribution is 5.95. The molecule has 3 N–H and O–H groups in total. The fourth-order valence-corrected chi connectivity index (χ4v) is 2.06. The second-order valence-electron chi connectivity index (χ2n) is 5.52. The number of carbonyl (C=O) groups is 1. The van der Waals surface area contributed by atoms with Crippen molar-refractivity contribution in [3.8, 4) is 11.1 Å². The maximum absolute atomic E-state index is 12.3. The smallest absolute Gasteiger partial charge is 0.231 e. The lowest BCUT2D eigenvalue weighted by Gasteiger charge is -2.25. The van der Waals surface area contributed by atoms with E-state index in [1.165, 1.54) is 0 Å². The molecule has 0 aliphatic carbocycles. The van der Waals surface area contributed by atoms with Crippen LogP contribution in [0.5, 0.6) is 0 Å². The summed E-state index contributed by atoms with van der Waals surface area (Å²) in [5, 5.41) is 2.94. The Bertz CT molecular complexity index is 586. The van der Waals surface area contributed by atoms with Gasteiger partial charge in [-0.05, 0) is 36.6 Å². The van der Waals surface area contributed by atoms with Gasteiger partial charge in [0.2, 0.25) is 5.91 Å². The van der Waals surface area contributed by atoms with Crippen molar-refractivity contribution >= 4 is 11.6 Å². The maximum Gasteiger partial charge on any atom is 0.231 e. The van der Waals surface area contributed by atoms with Crippen molar-refractivity contribution in [1.29, 1.82) is 0 Å². The number of nitrogens with one attached hydrogen (secondary N) is 1. The Morgan fingerprint density at radius 1 is 1.05 bits per heavy atom. The fourth-order valence-electron chi connectivity index (χ4n) is 2.06. The standard InChI is InChI=1S/C18H22N2O/c1-3-18(2,13-19)17(21)20-16-11-9-15(10-12-16)14-7-5-4-6-8-14/h4-12H,3,13,19H2,1-2H3,(H,20,21). The molecule has 0 bridgehead atoms. The maximum atomic E-state index is 12.3. The Hall–Kier alpha value is -2.13. The normalized spacial score (nSPS) is 13.5. The molecule has 2 aromatic rings. The molecular weight excluding hydrogens is 260 g/mol. The minimum atomic E-state index is -0.516. The van der Waals surface area contributed by atoms with Crippen LogP contribution in [0.25, 0.3) is 11.1 Å². The SMILES string of the molecule is CCC(C)(CN)C(=O)Nc1ccc(-c2ccccc2)cc1. The van der Waals surface area contributed by atoms with E-state index in [9.17, 15) is 4.79 Å². The van der Waals surface area contributed by atoms with Crippen molar-refractivity contribution in [3.05, 3.63) is 54.6 Å². The zero-order chi connectivity index (χ0) is 15.3. The predicted molar refractivity (Wildman–Crippen MR) is 88.0 cm³/mol. The topological polar surface area (TPSA) is 55.1 Å². The molecule has 2 rings (SSSR count). The second-order valence-corrected chi connectivity index (χ2v) is 5.52. The molecule has 0 radical (unpaired) electrons. The van der Waals surface area contributed by atoms with E-state index in [4.69, 9.17) is 5.73 Å². The average molecular weight is 282 g/mol. The summed E-state index contributed by atoms with van der Waals surface area (Å²) in [6.07, 6.45) is 0.720. The number of nitrogens with two attached hydrogens (primary N) is 1. The van der Waals surface area contributed by atoms with Crippen LogP contribution in [0, 0.1) is 5.41 Å². The molecule has 0 aromatic heterocycles. The van der Waals surface area contributed by atoms with Gasteiger partial charge in [0.1, 0.15) is 0 Å². The van der Waals surface area contributed by atoms with Gasteiger partial charge in [-0.3, -0.25) is 4.79 Å². The molecule has 1 atom stereocenters. The van der Waals surface area contributed by atoms with Gasteiger partial charge in [-0.2, -0.15) is 0 Å². The van der Waals surface area contributed by atoms with E-state index in [2.05, 4.69) is 17.4 Å². The summed E-state index contributed by atoms with van der Waals surface area (Å²) in [4.78, 5) is 12.3. The lowest BCUT2D eigenvalue weighted by Crippen LogP contribution is -2.39. The zero-order valence-corrected chi connectivity index (χ0v) is 12.6. The molecule has 0 aliphatic heterocycles. The van der Waals surface area contributed by atoms with E-state index in [0.717, 1.165) is 23.2 Å². The molecule has 0 heterocycles. The molecule has 0 saturated heterocycles. The van der Waals surface area contributed by atoms with E-state index >= 15 is 0 Å². The summed E-state index contributed by atoms with van der Waals surface area (Å²) in [7, 11) is 0. The Morgan fingerprint density at radius 2 is 1.62 bits per heavy atom. The molecule has 21 heavy (non-hydrogen) atoms. The molecule has 3 heteroatoms. The first-order chi connectivity index (χ1) is 10.1. The summed E-state index contributed by atoms with van der Waals surface area (Å²) in [6, 6.07) is 18.0. The van der Waals surface area contributed by atoms with Crippen LogP contribution in [0.15, 0.2) is 54.6 Å². The third-order valence-corrected chi connectivity index (χ3v) is 4.03. The molecule has 0 aliphatic rings. The fraction of sp³-hybridized carbons (Fsp3) is 0.278. The van der Waals surface area contributed by atoms with Gasteiger partial charge in [0.25, 0.3) is 0 Å². The number of amides is 1. The lowest BCUT2D eigenvalue weighted by atomic mass is 9.86. The Morgan fingerprint density at radius 3 is 2.14 bits per heavy atom. The molecule has 2 aromatic carbocycles. The molecule has 1 unspecified atom stereocenters. The van der Waals surface area contributed by atoms with Gasteiger partial charge in [0.05, 0.1) is 5.41 Å². The average Bonchev–Trinajstić information content (AvgIpc) is 2.55. The molecule has 0 saturated carbocycles. The first-order valence-electron chi connectivity index (χ1n) is 7.26. The van der Waals surface area contributed by atoms with Gasteiger partial charge >= 0.3 is 0 Å². The highest BCUT2D eigenvalue weighted by atomic mass is 16.2. The van der Waals surface area contributed by atoms with Crippen molar-refractivity contribution in [2.24, 2.45) is 11.1 Å². The molecule has 0 fully saturated rings. The minimum Gasteiger partial charge on any atom is -0.329 e. The van der Waals surface area contributed by atoms with E-state index in [1.54, 1.807) is 0 Å². The van der Waals surface area contributed by atoms with Gasteiger partial charge in [0, 0.05) is 12.2 Å². The number of anilines is 1. The van der Waals surface area contributed by atoms with Crippen molar-refractivity contribution < 1.29 is 4.79 Å². The Labute approximate surface area is 126 Å². The van der Waals surface area contributed by atoms with E-state index in [0.29, 0.717) is 6.54 Å². The Kier molecular flexibility index (Phi) is 4.76. The van der Waals surface area contributed by atoms with Crippen molar-refractivity contribution in [3.63, 3.8) is 0 Å². The van der Waals surface area contributed by atoms with Crippen molar-refractivity contribution in [2.45, 2.75) is 20.3 Å². The molecule has 3 nitrogen and oxygen atoms in total. The van der Waals surface area contributed by atoms with Gasteiger partial charge < -0.3 is 11.1 Å². The van der Waals surface area contributed by atoms with Crippen LogP contribution in [0.3, 0.4) is 0 Å². The summed E-state index contributed by atoms with van der Waals surface area (Å²) in [5.74, 6) is -0.0278. The Balaban J connectivity index is 2.12. The highest BCUT2D eigenvalue weighted by Crippen LogP contribution is 2.24. The van der Waals surface area contributed by atoms with Gasteiger partial charge in [0.15, 0.2) is 0 Å². The number of hydrogen-bond donors (Lipinski definition) is 2. The summed E-state index contributed by atoms with van der Waals surface area (Å²) < 4.78 is 0. The minimum absolute atomic E-state index is 0.0278. The van der Waals surface area contributed by atoms with Gasteiger partial charge in [-0.1, -0.05) is 49.4 Å². The van der Waals surface area contributed by atoms with Crippen molar-refractivity contribution in [2.75, 3.05) is 11.9 Å². The third-order valence-electron chi connectivity index (χ3n) is 4.03. The molecular formula is C18H22N2O. The van der Waals surface area contributed by atoms with E-state index in [-0.39, 0.29) is 5.91 Å². The predicted octanol–water partition coefficient (Wildman–Crippen LogP) is 3.67. The highest BCUT2D eigenvalue weighted by Gasteiger charge is 2.29. The summed E-state index contributed by atoms with van der Waals surface area (Å²) in [5.41, 5.74) is 8.29. The van der Waals surface area contributed by atoms with E-state index in [1.807, 2.05) is 56.3 Å². The first-order valence-corrected chi connectivity index (χ1v) is 7.26. The van der Waals surface area contributed by atoms with Crippen LogP contribution < -0.4 is 11.1 Å². The van der Waals surface area contributed by atoms with Crippen LogP contribution in [0.4, 0.5) is 5.69 Å². The van der Waals surface area contributed by atoms with Crippen LogP contribution in [0.2, 0.25) is 0 Å². The zero-order valence-electron chi connectivity index (χ0n) is 12.6. The van der Waals surface area contributed by atoms with Gasteiger partial charge in [-0.15, -0.1) is 0 Å². The van der Waals surface area contributed by atoms with Crippen LogP contribution in [-0.2, 0) is 4.79 Å². The first kappa shape index (κ1) is 15.3. The summed E-state index contributed by atoms with van der Waals surface area (Å²) in [6.45, 7) is 4.21. The molecule has 1 amide bonds. The number of benzene rings is 2. The van der Waals surface area contributed by atoms with E-state index < -0.39 is 5.41 Å². The second kappa shape index (κ2) is 6.55. The molecule has 0 spiro atoms. The third kappa shape index (κ3) is 3.50. The quantitative estimate of drug-likeness (QED) is 0.879. The van der Waals surface area contributed by atoms with Crippen LogP contribution in [0.1, 0.15) is 20.3 Å². The lowest BCUT2D eigenvalue weighted by molar-refractivity contribution is -0.124. The molecule has 110 valence electrons.